The van der Waals surface area contributed by atoms with E-state index in [9.17, 15) is 0 Å². The molecule has 654 valence electrons. The van der Waals surface area contributed by atoms with Crippen molar-refractivity contribution in [3.63, 3.8) is 0 Å². The molecule has 7 nitrogen and oxygen atoms in total. The molecule has 7 heterocycles. The van der Waals surface area contributed by atoms with Gasteiger partial charge in [-0.1, -0.05) is 325 Å². The summed E-state index contributed by atoms with van der Waals surface area (Å²) < 4.78 is 18.3. The van der Waals surface area contributed by atoms with Crippen LogP contribution in [0.15, 0.2) is 350 Å². The fourth-order valence-electron chi connectivity index (χ4n) is 22.2. The average Bonchev–Trinajstić information content (AvgIpc) is 0.927. The van der Waals surface area contributed by atoms with Gasteiger partial charge in [-0.3, -0.25) is 0 Å². The number of para-hydroxylation sites is 5. The SMILES string of the molecule is CC(C)(C)c1ccc2c(c1)c1cc(C(C)(C)C)ccc1n2-c1ccc2c(c1)N(c1ccc(-c3ccccc3)cc1-c1ccccc1)c1cc(-n3c4ccc(C(C)(C)C)cc4c4cc(C(C)(C)C)ccc43)cc3c1B2c1ccc(-n2c4ccc(C(C)(C)C)cc4c4cc(C(C)(C)C)ccc42)cc1N3c1cccc2c1oc1c(-c3cccc4c5ccccc5n(-c5ccccc5)c34)cccc12. The second-order valence-corrected chi connectivity index (χ2v) is 44.2. The Morgan fingerprint density at radius 2 is 0.560 bits per heavy atom. The van der Waals surface area contributed by atoms with Crippen molar-refractivity contribution in [2.45, 2.75) is 157 Å². The summed E-state index contributed by atoms with van der Waals surface area (Å²) in [5.41, 5.74) is 38.6. The van der Waals surface area contributed by atoms with Crippen molar-refractivity contribution in [2.75, 3.05) is 9.80 Å². The molecule has 8 heteroatoms. The smallest absolute Gasteiger partial charge is 0.252 e. The van der Waals surface area contributed by atoms with Crippen LogP contribution in [0.3, 0.4) is 0 Å². The van der Waals surface area contributed by atoms with Gasteiger partial charge in [0.25, 0.3) is 6.71 Å². The van der Waals surface area contributed by atoms with Crippen LogP contribution in [0.1, 0.15) is 158 Å². The van der Waals surface area contributed by atoms with Gasteiger partial charge >= 0.3 is 0 Å². The Labute approximate surface area is 785 Å². The predicted octanol–water partition coefficient (Wildman–Crippen LogP) is 32.8. The van der Waals surface area contributed by atoms with Gasteiger partial charge in [0.15, 0.2) is 5.58 Å². The van der Waals surface area contributed by atoms with Gasteiger partial charge in [-0.2, -0.15) is 0 Å². The highest BCUT2D eigenvalue weighted by Gasteiger charge is 2.46. The van der Waals surface area contributed by atoms with Crippen molar-refractivity contribution in [1.82, 2.24) is 18.3 Å². The summed E-state index contributed by atoms with van der Waals surface area (Å²) in [6.07, 6.45) is 0. The van der Waals surface area contributed by atoms with Gasteiger partial charge in [0, 0.05) is 110 Å². The molecular formula is C126H111BN6O. The van der Waals surface area contributed by atoms with Crippen LogP contribution in [0.2, 0.25) is 0 Å². The average molecular weight is 1740 g/mol. The Balaban J connectivity index is 0.861. The van der Waals surface area contributed by atoms with Crippen LogP contribution in [0, 0.1) is 0 Å². The van der Waals surface area contributed by atoms with Crippen molar-refractivity contribution in [3.05, 3.63) is 379 Å². The lowest BCUT2D eigenvalue weighted by Crippen LogP contribution is -2.61. The van der Waals surface area contributed by atoms with Crippen LogP contribution < -0.4 is 26.2 Å². The molecule has 0 bridgehead atoms. The number of furan rings is 1. The quantitative estimate of drug-likeness (QED) is 0.135. The molecule has 17 aromatic carbocycles. The molecule has 22 aromatic rings. The number of anilines is 6. The zero-order valence-electron chi connectivity index (χ0n) is 80.1. The minimum atomic E-state index is -0.345. The van der Waals surface area contributed by atoms with E-state index < -0.39 is 0 Å². The number of aromatic nitrogens is 4. The second-order valence-electron chi connectivity index (χ2n) is 44.2. The van der Waals surface area contributed by atoms with Gasteiger partial charge < -0.3 is 32.5 Å². The first-order chi connectivity index (χ1) is 64.3. The maximum absolute atomic E-state index is 8.15. The fourth-order valence-corrected chi connectivity index (χ4v) is 22.2. The van der Waals surface area contributed by atoms with E-state index in [2.05, 4.69) is 498 Å². The second kappa shape index (κ2) is 29.5. The minimum absolute atomic E-state index is 0.0919. The van der Waals surface area contributed by atoms with Gasteiger partial charge in [0.05, 0.1) is 61.2 Å². The van der Waals surface area contributed by atoms with Crippen molar-refractivity contribution in [3.8, 4) is 56.1 Å². The van der Waals surface area contributed by atoms with E-state index in [1.165, 1.54) is 104 Å². The number of rotatable bonds is 9. The van der Waals surface area contributed by atoms with E-state index in [1.807, 2.05) is 0 Å². The molecule has 2 aliphatic rings. The third-order valence-corrected chi connectivity index (χ3v) is 29.5. The standard InChI is InChI=1S/C126H111BN6O/c1-121(2,3)79-48-59-106-96(66-79)97-67-80(122(4,5)6)49-60-107(97)128(106)86-54-56-102-113(72-86)132(105-58-47-78(76-33-22-19-23-34-76)65-95(105)77-35-24-20-25-36-77)115-74-88(130-110-63-52-83(125(13,14)15)70-100(110)101-71-84(126(16,17)18)53-64-111(101)130)75-116-117(115)127(102)103-57-55-87(129-108-61-50-81(123(7,8)9)68-98(108)99-69-82(124(10,11)12)51-62-109(99)129)73-114(103)133(116)112-46-32-44-94-93-43-31-42-92(119(93)134-120(94)112)91-41-30-40-90-89-39-28-29-45-104(89)131(118(90)91)85-37-26-21-27-38-85/h19-75H,1-18H3. The van der Waals surface area contributed by atoms with Crippen molar-refractivity contribution in [1.29, 1.82) is 0 Å². The summed E-state index contributed by atoms with van der Waals surface area (Å²) in [7, 11) is 0. The van der Waals surface area contributed by atoms with Gasteiger partial charge in [-0.25, -0.2) is 0 Å². The highest BCUT2D eigenvalue weighted by Crippen LogP contribution is 2.55. The molecule has 0 radical (unpaired) electrons. The lowest BCUT2D eigenvalue weighted by Gasteiger charge is -2.45. The van der Waals surface area contributed by atoms with Crippen molar-refractivity contribution < 1.29 is 4.42 Å². The first-order valence-electron chi connectivity index (χ1n) is 47.9. The zero-order chi connectivity index (χ0) is 92.0. The number of hydrogen-bond donors (Lipinski definition) is 0. The molecule has 5 aromatic heterocycles. The Bertz CT molecular complexity index is 8470. The minimum Gasteiger partial charge on any atom is -0.453 e. The third kappa shape index (κ3) is 12.9. The topological polar surface area (TPSA) is 39.3 Å². The third-order valence-electron chi connectivity index (χ3n) is 29.5. The van der Waals surface area contributed by atoms with E-state index in [0.29, 0.717) is 0 Å². The summed E-state index contributed by atoms with van der Waals surface area (Å²) in [6.45, 7) is 41.8. The fraction of sp³-hybridized carbons (Fsp3) is 0.190. The predicted molar refractivity (Wildman–Crippen MR) is 574 cm³/mol. The number of fused-ring (bicyclic) bond motifs is 19. The van der Waals surface area contributed by atoms with Crippen LogP contribution in [0.25, 0.3) is 165 Å². The zero-order valence-corrected chi connectivity index (χ0v) is 80.1. The molecule has 2 aliphatic heterocycles. The lowest BCUT2D eigenvalue weighted by molar-refractivity contribution is 0.590. The van der Waals surface area contributed by atoms with E-state index in [4.69, 9.17) is 4.42 Å². The number of benzene rings is 17. The van der Waals surface area contributed by atoms with Crippen molar-refractivity contribution in [2.24, 2.45) is 0 Å². The number of nitrogens with zero attached hydrogens (tertiary/aromatic N) is 6. The molecule has 0 unspecified atom stereocenters. The molecule has 0 aliphatic carbocycles. The van der Waals surface area contributed by atoms with Crippen molar-refractivity contribution >= 4 is 166 Å². The van der Waals surface area contributed by atoms with E-state index >= 15 is 0 Å². The maximum Gasteiger partial charge on any atom is 0.252 e. The van der Waals surface area contributed by atoms with Gasteiger partial charge in [-0.05, 0) is 245 Å². The highest BCUT2D eigenvalue weighted by molar-refractivity contribution is 7.00. The summed E-state index contributed by atoms with van der Waals surface area (Å²) in [6, 6.07) is 133. The Morgan fingerprint density at radius 3 is 1.01 bits per heavy atom. The highest BCUT2D eigenvalue weighted by atomic mass is 16.3. The summed E-state index contributed by atoms with van der Waals surface area (Å²) in [5, 5.41) is 11.9. The molecule has 0 saturated carbocycles. The Kier molecular flexibility index (Phi) is 18.1. The molecule has 0 saturated heterocycles. The summed E-state index contributed by atoms with van der Waals surface area (Å²) in [5.74, 6) is 0. The molecule has 0 atom stereocenters. The lowest BCUT2D eigenvalue weighted by atomic mass is 9.33. The monoisotopic (exact) mass is 1730 g/mol. The number of hydrogen-bond acceptors (Lipinski definition) is 3. The van der Waals surface area contributed by atoms with Gasteiger partial charge in [-0.15, -0.1) is 0 Å². The molecule has 0 amide bonds. The van der Waals surface area contributed by atoms with Crippen LogP contribution in [0.4, 0.5) is 34.1 Å². The normalized spacial score (nSPS) is 13.4. The summed E-state index contributed by atoms with van der Waals surface area (Å²) >= 11 is 0. The Morgan fingerprint density at radius 1 is 0.201 bits per heavy atom. The van der Waals surface area contributed by atoms with Gasteiger partial charge in [0.1, 0.15) is 5.58 Å². The van der Waals surface area contributed by atoms with Crippen LogP contribution >= 0.6 is 0 Å². The molecule has 0 fully saturated rings. The maximum atomic E-state index is 8.15. The molecule has 24 rings (SSSR count). The largest absolute Gasteiger partial charge is 0.453 e. The van der Waals surface area contributed by atoms with E-state index in [1.54, 1.807) is 0 Å². The summed E-state index contributed by atoms with van der Waals surface area (Å²) in [4.78, 5) is 5.34. The molecule has 0 spiro atoms. The first kappa shape index (κ1) is 82.5. The first-order valence-corrected chi connectivity index (χ1v) is 47.9. The van der Waals surface area contributed by atoms with Crippen LogP contribution in [-0.4, -0.2) is 25.0 Å². The van der Waals surface area contributed by atoms with Crippen LogP contribution in [0.5, 0.6) is 0 Å². The molecule has 134 heavy (non-hydrogen) atoms. The van der Waals surface area contributed by atoms with Crippen LogP contribution in [-0.2, 0) is 32.5 Å². The molecular weight excluding hydrogens is 1620 g/mol. The molecule has 0 N–H and O–H groups in total. The van der Waals surface area contributed by atoms with Gasteiger partial charge in [0.2, 0.25) is 0 Å². The Hall–Kier alpha value is -14.6. The van der Waals surface area contributed by atoms with E-state index in [-0.39, 0.29) is 39.2 Å². The van der Waals surface area contributed by atoms with E-state index in [0.717, 1.165) is 145 Å².